The number of ether oxygens (including phenoxy) is 1. The van der Waals surface area contributed by atoms with E-state index in [0.717, 1.165) is 17.5 Å². The Balaban J connectivity index is 2.01. The minimum Gasteiger partial charge on any atom is -0.487 e. The van der Waals surface area contributed by atoms with Gasteiger partial charge in [0.1, 0.15) is 12.4 Å². The Morgan fingerprint density at radius 2 is 1.70 bits per heavy atom. The van der Waals surface area contributed by atoms with Crippen LogP contribution in [0.2, 0.25) is 10.0 Å². The van der Waals surface area contributed by atoms with E-state index in [9.17, 15) is 0 Å². The fraction of sp³-hybridized carbons (Fsp3) is 0.250. The highest BCUT2D eigenvalue weighted by Gasteiger charge is 2.05. The maximum Gasteiger partial charge on any atom is 0.138 e. The average molecular weight is 310 g/mol. The SMILES string of the molecule is CC(N)Cc1ccc(OCc2ccc(Cl)cc2)c(Cl)c1. The summed E-state index contributed by atoms with van der Waals surface area (Å²) in [5.41, 5.74) is 7.94. The number of benzene rings is 2. The lowest BCUT2D eigenvalue weighted by Crippen LogP contribution is -2.17. The van der Waals surface area contributed by atoms with Crippen molar-refractivity contribution in [3.63, 3.8) is 0 Å². The smallest absolute Gasteiger partial charge is 0.138 e. The molecule has 0 heterocycles. The van der Waals surface area contributed by atoms with E-state index >= 15 is 0 Å². The summed E-state index contributed by atoms with van der Waals surface area (Å²) >= 11 is 12.1. The third kappa shape index (κ3) is 4.41. The van der Waals surface area contributed by atoms with Crippen molar-refractivity contribution in [2.45, 2.75) is 26.0 Å². The van der Waals surface area contributed by atoms with Crippen molar-refractivity contribution >= 4 is 23.2 Å². The molecule has 2 N–H and O–H groups in total. The van der Waals surface area contributed by atoms with E-state index in [4.69, 9.17) is 33.7 Å². The van der Waals surface area contributed by atoms with Crippen LogP contribution in [0.1, 0.15) is 18.1 Å². The van der Waals surface area contributed by atoms with Gasteiger partial charge in [-0.15, -0.1) is 0 Å². The molecule has 0 amide bonds. The number of rotatable bonds is 5. The van der Waals surface area contributed by atoms with Crippen molar-refractivity contribution in [3.05, 3.63) is 63.6 Å². The maximum atomic E-state index is 6.22. The van der Waals surface area contributed by atoms with Gasteiger partial charge in [-0.05, 0) is 48.7 Å². The summed E-state index contributed by atoms with van der Waals surface area (Å²) in [5, 5.41) is 1.32. The summed E-state index contributed by atoms with van der Waals surface area (Å²) in [6.45, 7) is 2.43. The molecule has 2 nitrogen and oxygen atoms in total. The highest BCUT2D eigenvalue weighted by Crippen LogP contribution is 2.26. The summed E-state index contributed by atoms with van der Waals surface area (Å²) in [6, 6.07) is 13.4. The molecule has 0 aromatic heterocycles. The van der Waals surface area contributed by atoms with Crippen LogP contribution in [-0.2, 0) is 13.0 Å². The largest absolute Gasteiger partial charge is 0.487 e. The van der Waals surface area contributed by atoms with Crippen molar-refractivity contribution in [1.82, 2.24) is 0 Å². The van der Waals surface area contributed by atoms with Crippen LogP contribution in [0.25, 0.3) is 0 Å². The normalized spacial score (nSPS) is 12.2. The molecule has 106 valence electrons. The van der Waals surface area contributed by atoms with E-state index < -0.39 is 0 Å². The van der Waals surface area contributed by atoms with E-state index in [1.54, 1.807) is 0 Å². The van der Waals surface area contributed by atoms with Crippen molar-refractivity contribution < 1.29 is 4.74 Å². The van der Waals surface area contributed by atoms with Crippen LogP contribution >= 0.6 is 23.2 Å². The average Bonchev–Trinajstić information content (AvgIpc) is 2.39. The van der Waals surface area contributed by atoms with Gasteiger partial charge in [0.2, 0.25) is 0 Å². The quantitative estimate of drug-likeness (QED) is 0.885. The predicted molar refractivity (Wildman–Crippen MR) is 84.6 cm³/mol. The molecule has 1 unspecified atom stereocenters. The Morgan fingerprint density at radius 1 is 1.05 bits per heavy atom. The van der Waals surface area contributed by atoms with Gasteiger partial charge >= 0.3 is 0 Å². The summed E-state index contributed by atoms with van der Waals surface area (Å²) in [5.74, 6) is 0.676. The minimum atomic E-state index is 0.118. The Bertz CT molecular complexity index is 567. The lowest BCUT2D eigenvalue weighted by molar-refractivity contribution is 0.306. The molecule has 0 saturated carbocycles. The summed E-state index contributed by atoms with van der Waals surface area (Å²) in [7, 11) is 0. The standard InChI is InChI=1S/C16H17Cl2NO/c1-11(19)8-13-4-7-16(15(18)9-13)20-10-12-2-5-14(17)6-3-12/h2-7,9,11H,8,10,19H2,1H3. The van der Waals surface area contributed by atoms with Crippen LogP contribution in [0, 0.1) is 0 Å². The molecule has 1 atom stereocenters. The molecule has 0 aliphatic rings. The van der Waals surface area contributed by atoms with Crippen molar-refractivity contribution in [1.29, 1.82) is 0 Å². The van der Waals surface area contributed by atoms with Gasteiger partial charge in [-0.2, -0.15) is 0 Å². The van der Waals surface area contributed by atoms with E-state index in [-0.39, 0.29) is 6.04 Å². The molecule has 4 heteroatoms. The molecule has 0 aliphatic heterocycles. The van der Waals surface area contributed by atoms with Crippen LogP contribution in [0.3, 0.4) is 0 Å². The molecule has 2 aromatic rings. The second kappa shape index (κ2) is 6.98. The molecule has 0 aliphatic carbocycles. The van der Waals surface area contributed by atoms with Gasteiger partial charge < -0.3 is 10.5 Å². The third-order valence-electron chi connectivity index (χ3n) is 2.86. The molecule has 2 aromatic carbocycles. The van der Waals surface area contributed by atoms with Crippen LogP contribution in [0.15, 0.2) is 42.5 Å². The molecular weight excluding hydrogens is 293 g/mol. The molecule has 0 spiro atoms. The first-order valence-electron chi connectivity index (χ1n) is 6.46. The molecule has 2 rings (SSSR count). The van der Waals surface area contributed by atoms with Crippen molar-refractivity contribution in [2.24, 2.45) is 5.73 Å². The fourth-order valence-electron chi connectivity index (χ4n) is 1.90. The van der Waals surface area contributed by atoms with E-state index in [0.29, 0.717) is 22.4 Å². The Labute approximate surface area is 129 Å². The highest BCUT2D eigenvalue weighted by molar-refractivity contribution is 6.32. The van der Waals surface area contributed by atoms with Crippen LogP contribution in [0.4, 0.5) is 0 Å². The molecular formula is C16H17Cl2NO. The zero-order valence-electron chi connectivity index (χ0n) is 11.3. The van der Waals surface area contributed by atoms with Crippen LogP contribution < -0.4 is 10.5 Å². The van der Waals surface area contributed by atoms with Crippen molar-refractivity contribution in [2.75, 3.05) is 0 Å². The summed E-state index contributed by atoms with van der Waals surface area (Å²) < 4.78 is 5.72. The van der Waals surface area contributed by atoms with Gasteiger partial charge in [0.15, 0.2) is 0 Å². The van der Waals surface area contributed by atoms with Gasteiger partial charge in [-0.1, -0.05) is 41.4 Å². The van der Waals surface area contributed by atoms with Crippen LogP contribution in [-0.4, -0.2) is 6.04 Å². The monoisotopic (exact) mass is 309 g/mol. The van der Waals surface area contributed by atoms with Crippen molar-refractivity contribution in [3.8, 4) is 5.75 Å². The lowest BCUT2D eigenvalue weighted by Gasteiger charge is -2.11. The van der Waals surface area contributed by atoms with E-state index in [1.165, 1.54) is 0 Å². The zero-order chi connectivity index (χ0) is 14.5. The molecule has 0 fully saturated rings. The van der Waals surface area contributed by atoms with Gasteiger partial charge in [-0.25, -0.2) is 0 Å². The van der Waals surface area contributed by atoms with E-state index in [1.807, 2.05) is 49.4 Å². The first-order chi connectivity index (χ1) is 9.54. The Kier molecular flexibility index (Phi) is 5.30. The predicted octanol–water partition coefficient (Wildman–Crippen LogP) is 4.46. The van der Waals surface area contributed by atoms with Crippen LogP contribution in [0.5, 0.6) is 5.75 Å². The first kappa shape index (κ1) is 15.2. The molecule has 0 bridgehead atoms. The van der Waals surface area contributed by atoms with Gasteiger partial charge in [0.25, 0.3) is 0 Å². The zero-order valence-corrected chi connectivity index (χ0v) is 12.8. The first-order valence-corrected chi connectivity index (χ1v) is 7.21. The minimum absolute atomic E-state index is 0.118. The number of hydrogen-bond acceptors (Lipinski definition) is 2. The van der Waals surface area contributed by atoms with Gasteiger partial charge in [0, 0.05) is 11.1 Å². The second-order valence-electron chi connectivity index (χ2n) is 4.86. The van der Waals surface area contributed by atoms with Gasteiger partial charge in [-0.3, -0.25) is 0 Å². The number of nitrogens with two attached hydrogens (primary N) is 1. The number of hydrogen-bond donors (Lipinski definition) is 1. The number of halogens is 2. The molecule has 0 saturated heterocycles. The van der Waals surface area contributed by atoms with E-state index in [2.05, 4.69) is 0 Å². The fourth-order valence-corrected chi connectivity index (χ4v) is 2.29. The maximum absolute atomic E-state index is 6.22. The lowest BCUT2D eigenvalue weighted by atomic mass is 10.1. The third-order valence-corrected chi connectivity index (χ3v) is 3.41. The Hall–Kier alpha value is -1.22. The second-order valence-corrected chi connectivity index (χ2v) is 5.70. The summed E-state index contributed by atoms with van der Waals surface area (Å²) in [6.07, 6.45) is 0.803. The van der Waals surface area contributed by atoms with Gasteiger partial charge in [0.05, 0.1) is 5.02 Å². The molecule has 20 heavy (non-hydrogen) atoms. The highest BCUT2D eigenvalue weighted by atomic mass is 35.5. The summed E-state index contributed by atoms with van der Waals surface area (Å²) in [4.78, 5) is 0. The topological polar surface area (TPSA) is 35.2 Å². The Morgan fingerprint density at radius 3 is 2.30 bits per heavy atom. The molecule has 0 radical (unpaired) electrons.